The Morgan fingerprint density at radius 2 is 1.69 bits per heavy atom. The number of carbonyl (C=O) groups excluding carboxylic acids is 3. The van der Waals surface area contributed by atoms with Gasteiger partial charge >= 0.3 is 12.1 Å². The van der Waals surface area contributed by atoms with Crippen LogP contribution in [0.2, 0.25) is 0 Å². The maximum atomic E-state index is 14.1. The predicted octanol–water partition coefficient (Wildman–Crippen LogP) is 3.22. The number of piperazine rings is 1. The molecule has 4 aliphatic heterocycles. The molecule has 0 bridgehead atoms. The Morgan fingerprint density at radius 1 is 0.959 bits per heavy atom. The summed E-state index contributed by atoms with van der Waals surface area (Å²) >= 11 is 0. The molecule has 4 amide bonds. The van der Waals surface area contributed by atoms with Crippen LogP contribution in [0, 0.1) is 6.92 Å². The number of piperidine rings is 2. The number of urea groups is 1. The molecule has 262 valence electrons. The first-order valence-electron chi connectivity index (χ1n) is 17.8. The Labute approximate surface area is 287 Å². The van der Waals surface area contributed by atoms with Crippen molar-refractivity contribution in [2.45, 2.75) is 63.6 Å². The number of para-hydroxylation sites is 1. The van der Waals surface area contributed by atoms with Crippen molar-refractivity contribution in [1.82, 2.24) is 40.2 Å². The fourth-order valence-electron chi connectivity index (χ4n) is 8.02. The third-order valence-electron chi connectivity index (χ3n) is 10.9. The molecule has 4 aliphatic rings. The van der Waals surface area contributed by atoms with E-state index in [1.54, 1.807) is 11.3 Å². The third-order valence-corrected chi connectivity index (χ3v) is 10.9. The molecule has 2 aromatic carbocycles. The van der Waals surface area contributed by atoms with E-state index in [4.69, 9.17) is 4.84 Å². The maximum Gasteiger partial charge on any atom is 0.426 e. The molecule has 7 rings (SSSR count). The number of nitrogens with one attached hydrogen (secondary N) is 3. The van der Waals surface area contributed by atoms with Gasteiger partial charge in [0.25, 0.3) is 0 Å². The summed E-state index contributed by atoms with van der Waals surface area (Å²) in [7, 11) is 2.18. The number of aryl methyl sites for hydroxylation is 1. The van der Waals surface area contributed by atoms with Crippen LogP contribution in [0.5, 0.6) is 0 Å². The van der Waals surface area contributed by atoms with Crippen LogP contribution in [0.3, 0.4) is 0 Å². The Hall–Kier alpha value is -4.20. The molecule has 13 heteroatoms. The number of rotatable bonds is 7. The van der Waals surface area contributed by atoms with Gasteiger partial charge in [-0.05, 0) is 88.0 Å². The molecule has 3 fully saturated rings. The van der Waals surface area contributed by atoms with Gasteiger partial charge in [-0.15, -0.1) is 5.06 Å². The fourth-order valence-corrected chi connectivity index (χ4v) is 8.02. The second-order valence-corrected chi connectivity index (χ2v) is 14.1. The number of nitrogens with zero attached hydrogens (tertiary/aromatic N) is 6. The molecule has 13 nitrogen and oxygen atoms in total. The van der Waals surface area contributed by atoms with Gasteiger partial charge in [-0.1, -0.05) is 24.3 Å². The molecule has 0 radical (unpaired) electrons. The van der Waals surface area contributed by atoms with Crippen LogP contribution < -0.4 is 10.6 Å². The molecule has 3 saturated heterocycles. The number of likely N-dealkylation sites (tertiary alicyclic amines) is 1. The van der Waals surface area contributed by atoms with Gasteiger partial charge in [0.15, 0.2) is 0 Å². The summed E-state index contributed by atoms with van der Waals surface area (Å²) in [4.78, 5) is 55.0. The highest BCUT2D eigenvalue weighted by atomic mass is 16.7. The van der Waals surface area contributed by atoms with Gasteiger partial charge in [-0.25, -0.2) is 9.59 Å². The lowest BCUT2D eigenvalue weighted by Crippen LogP contribution is -2.58. The molecule has 1 atom stereocenters. The number of aromatic amines is 1. The van der Waals surface area contributed by atoms with Crippen molar-refractivity contribution in [3.63, 3.8) is 0 Å². The molecule has 1 aromatic heterocycles. The van der Waals surface area contributed by atoms with E-state index in [2.05, 4.69) is 43.7 Å². The Morgan fingerprint density at radius 3 is 2.47 bits per heavy atom. The zero-order valence-electron chi connectivity index (χ0n) is 28.7. The quantitative estimate of drug-likeness (QED) is 0.350. The summed E-state index contributed by atoms with van der Waals surface area (Å²) in [5.74, 6) is -0.0863. The van der Waals surface area contributed by atoms with Crippen molar-refractivity contribution >= 4 is 34.6 Å². The number of hydrogen-bond acceptors (Lipinski definition) is 8. The van der Waals surface area contributed by atoms with E-state index >= 15 is 0 Å². The Balaban J connectivity index is 0.964. The topological polar surface area (TPSA) is 129 Å². The number of anilines is 1. The zero-order chi connectivity index (χ0) is 33.9. The van der Waals surface area contributed by atoms with Crippen LogP contribution in [-0.2, 0) is 22.5 Å². The lowest BCUT2D eigenvalue weighted by Gasteiger charge is -2.42. The van der Waals surface area contributed by atoms with Crippen molar-refractivity contribution in [3.8, 4) is 0 Å². The number of aromatic nitrogens is 2. The monoisotopic (exact) mass is 671 g/mol. The zero-order valence-corrected chi connectivity index (χ0v) is 28.7. The molecule has 0 aliphatic carbocycles. The van der Waals surface area contributed by atoms with Gasteiger partial charge in [-0.3, -0.25) is 14.8 Å². The number of amides is 4. The van der Waals surface area contributed by atoms with Crippen LogP contribution in [0.1, 0.15) is 42.4 Å². The number of hydroxylamine groups is 2. The fraction of sp³-hybridized carbons (Fsp3) is 0.556. The van der Waals surface area contributed by atoms with Crippen LogP contribution >= 0.6 is 0 Å². The summed E-state index contributed by atoms with van der Waals surface area (Å²) in [6.45, 7) is 8.85. The van der Waals surface area contributed by atoms with Gasteiger partial charge in [0, 0.05) is 75.4 Å². The molecule has 49 heavy (non-hydrogen) atoms. The van der Waals surface area contributed by atoms with Crippen molar-refractivity contribution in [2.24, 2.45) is 0 Å². The molecular formula is C36H49N9O4. The van der Waals surface area contributed by atoms with Crippen molar-refractivity contribution in [2.75, 3.05) is 71.3 Å². The lowest BCUT2D eigenvalue weighted by atomic mass is 10.00. The second kappa shape index (κ2) is 14.7. The van der Waals surface area contributed by atoms with Crippen LogP contribution in [0.25, 0.3) is 10.9 Å². The van der Waals surface area contributed by atoms with E-state index in [1.807, 2.05) is 47.1 Å². The maximum absolute atomic E-state index is 14.1. The summed E-state index contributed by atoms with van der Waals surface area (Å²) in [5, 5.41) is 15.8. The number of H-pyrrole nitrogens is 1. The SMILES string of the molecule is Cc1cc(CC(NC(=O)ON2CCC(N3CCc4ccccc4NC3=O)CC2)C(=O)N2CCN(C3CCN(C)CC3)CC2)cc2cn[nH]c12. The van der Waals surface area contributed by atoms with Crippen LogP contribution in [0.4, 0.5) is 15.3 Å². The van der Waals surface area contributed by atoms with Crippen molar-refractivity contribution in [1.29, 1.82) is 0 Å². The summed E-state index contributed by atoms with van der Waals surface area (Å²) in [6, 6.07) is 11.8. The Bertz CT molecular complexity index is 1640. The van der Waals surface area contributed by atoms with Gasteiger partial charge in [0.1, 0.15) is 6.04 Å². The number of fused-ring (bicyclic) bond motifs is 2. The van der Waals surface area contributed by atoms with Crippen molar-refractivity contribution < 1.29 is 19.2 Å². The average molecular weight is 672 g/mol. The average Bonchev–Trinajstić information content (AvgIpc) is 3.52. The molecule has 5 heterocycles. The number of hydrogen-bond donors (Lipinski definition) is 3. The number of benzene rings is 2. The first kappa shape index (κ1) is 33.3. The van der Waals surface area contributed by atoms with Gasteiger partial charge < -0.3 is 30.2 Å². The molecular weight excluding hydrogens is 622 g/mol. The van der Waals surface area contributed by atoms with Gasteiger partial charge in [-0.2, -0.15) is 5.10 Å². The lowest BCUT2D eigenvalue weighted by molar-refractivity contribution is -0.138. The minimum Gasteiger partial charge on any atom is -0.351 e. The molecule has 3 N–H and O–H groups in total. The highest BCUT2D eigenvalue weighted by Crippen LogP contribution is 2.25. The highest BCUT2D eigenvalue weighted by molar-refractivity contribution is 5.91. The van der Waals surface area contributed by atoms with Crippen LogP contribution in [0.15, 0.2) is 42.6 Å². The van der Waals surface area contributed by atoms with Crippen LogP contribution in [-0.4, -0.2) is 137 Å². The van der Waals surface area contributed by atoms with E-state index in [-0.39, 0.29) is 18.0 Å². The number of carbonyl (C=O) groups is 3. The van der Waals surface area contributed by atoms with E-state index in [0.29, 0.717) is 58.0 Å². The molecule has 1 unspecified atom stereocenters. The summed E-state index contributed by atoms with van der Waals surface area (Å²) in [5.41, 5.74) is 4.97. The smallest absolute Gasteiger partial charge is 0.351 e. The van der Waals surface area contributed by atoms with E-state index < -0.39 is 12.1 Å². The molecule has 0 saturated carbocycles. The third kappa shape index (κ3) is 7.68. The van der Waals surface area contributed by atoms with Crippen molar-refractivity contribution in [3.05, 3.63) is 59.3 Å². The minimum absolute atomic E-state index is 0.0563. The Kier molecular flexibility index (Phi) is 10.0. The first-order valence-corrected chi connectivity index (χ1v) is 17.8. The molecule has 3 aromatic rings. The summed E-state index contributed by atoms with van der Waals surface area (Å²) in [6.07, 6.45) is 5.98. The van der Waals surface area contributed by atoms with Gasteiger partial charge in [0.2, 0.25) is 5.91 Å². The second-order valence-electron chi connectivity index (χ2n) is 14.1. The minimum atomic E-state index is -0.772. The normalized spacial score (nSPS) is 21.2. The molecule has 0 spiro atoms. The first-order chi connectivity index (χ1) is 23.8. The van der Waals surface area contributed by atoms with E-state index in [1.165, 1.54) is 0 Å². The summed E-state index contributed by atoms with van der Waals surface area (Å²) < 4.78 is 0. The highest BCUT2D eigenvalue weighted by Gasteiger charge is 2.34. The van der Waals surface area contributed by atoms with E-state index in [9.17, 15) is 14.4 Å². The predicted molar refractivity (Wildman–Crippen MR) is 187 cm³/mol. The van der Waals surface area contributed by atoms with E-state index in [0.717, 1.165) is 78.7 Å². The standard InChI is InChI=1S/C36H49N9O4/c1-25-21-26(22-28-24-37-40-33(25)28)23-32(34(46)43-19-17-42(18-20-43)29-8-12-41(2)13-9-29)39-36(48)49-44-14-10-30(11-15-44)45-16-7-27-5-3-4-6-31(27)38-35(45)47/h3-6,21-22,24,29-30,32H,7-20,23H2,1-2H3,(H,37,40)(H,38,47)(H,39,48). The largest absolute Gasteiger partial charge is 0.426 e. The van der Waals surface area contributed by atoms with Gasteiger partial charge in [0.05, 0.1) is 11.7 Å².